The molecule has 0 atom stereocenters. The Morgan fingerprint density at radius 2 is 1.85 bits per heavy atom. The van der Waals surface area contributed by atoms with E-state index in [1.165, 1.54) is 40.5 Å². The van der Waals surface area contributed by atoms with Crippen molar-refractivity contribution in [1.29, 1.82) is 0 Å². The number of carbonyl (C=O) groups excluding carboxylic acids is 3. The minimum atomic E-state index is -0.940. The van der Waals surface area contributed by atoms with Crippen LogP contribution in [0.4, 0.5) is 14.5 Å². The zero-order valence-corrected chi connectivity index (χ0v) is 24.1. The molecular formula is C28H24F2N2O5S3. The first kappa shape index (κ1) is 29.4. The SMILES string of the molecule is CC(C)(C)OC(=O)c1ccc(NC(=O)CCN2C(=O)C(=Cc3cc(-c4ccc(F)c(F)c4)cs3)SC2=S)cc1O. The van der Waals surface area contributed by atoms with E-state index in [4.69, 9.17) is 17.0 Å². The van der Waals surface area contributed by atoms with Gasteiger partial charge in [-0.25, -0.2) is 13.6 Å². The van der Waals surface area contributed by atoms with E-state index in [0.29, 0.717) is 20.4 Å². The lowest BCUT2D eigenvalue weighted by atomic mass is 10.1. The molecule has 2 amide bonds. The van der Waals surface area contributed by atoms with Crippen LogP contribution >= 0.6 is 35.3 Å². The molecule has 0 bridgehead atoms. The maximum atomic E-state index is 13.6. The Kier molecular flexibility index (Phi) is 8.71. The second-order valence-corrected chi connectivity index (χ2v) is 12.4. The van der Waals surface area contributed by atoms with Crippen LogP contribution in [0.15, 0.2) is 52.7 Å². The molecule has 7 nitrogen and oxygen atoms in total. The van der Waals surface area contributed by atoms with Gasteiger partial charge in [0.25, 0.3) is 5.91 Å². The number of nitrogens with zero attached hydrogens (tertiary/aromatic N) is 1. The highest BCUT2D eigenvalue weighted by Crippen LogP contribution is 2.35. The number of halogens is 2. The van der Waals surface area contributed by atoms with Crippen molar-refractivity contribution in [2.45, 2.75) is 32.8 Å². The van der Waals surface area contributed by atoms with Crippen molar-refractivity contribution in [3.8, 4) is 16.9 Å². The highest BCUT2D eigenvalue weighted by Gasteiger charge is 2.32. The van der Waals surface area contributed by atoms with Gasteiger partial charge in [-0.3, -0.25) is 14.5 Å². The number of aromatic hydroxyl groups is 1. The number of esters is 1. The average Bonchev–Trinajstić information content (AvgIpc) is 3.42. The van der Waals surface area contributed by atoms with E-state index < -0.39 is 29.1 Å². The predicted octanol–water partition coefficient (Wildman–Crippen LogP) is 6.58. The van der Waals surface area contributed by atoms with Gasteiger partial charge < -0.3 is 15.2 Å². The molecule has 1 aromatic heterocycles. The standard InChI is InChI=1S/C28H24F2N2O5S3/c1-28(2,3)37-26(36)19-6-5-17(12-22(19)33)31-24(34)8-9-32-25(35)23(40-27(32)38)13-18-10-16(14-39-18)15-4-7-20(29)21(30)11-15/h4-7,10-14,33H,8-9H2,1-3H3,(H,31,34). The van der Waals surface area contributed by atoms with Gasteiger partial charge in [-0.1, -0.05) is 30.0 Å². The Hall–Kier alpha value is -3.61. The highest BCUT2D eigenvalue weighted by molar-refractivity contribution is 8.26. The van der Waals surface area contributed by atoms with Crippen LogP contribution in [0.1, 0.15) is 42.4 Å². The number of benzene rings is 2. The van der Waals surface area contributed by atoms with Crippen molar-refractivity contribution in [3.63, 3.8) is 0 Å². The summed E-state index contributed by atoms with van der Waals surface area (Å²) in [6.07, 6.45) is 1.61. The van der Waals surface area contributed by atoms with Crippen molar-refractivity contribution in [2.75, 3.05) is 11.9 Å². The Morgan fingerprint density at radius 1 is 1.10 bits per heavy atom. The van der Waals surface area contributed by atoms with Gasteiger partial charge in [0.2, 0.25) is 5.91 Å². The first-order valence-electron chi connectivity index (χ1n) is 12.0. The predicted molar refractivity (Wildman–Crippen MR) is 156 cm³/mol. The lowest BCUT2D eigenvalue weighted by molar-refractivity contribution is -0.122. The van der Waals surface area contributed by atoms with E-state index in [1.807, 2.05) is 0 Å². The van der Waals surface area contributed by atoms with E-state index in [0.717, 1.165) is 28.8 Å². The Labute approximate surface area is 242 Å². The summed E-state index contributed by atoms with van der Waals surface area (Å²) in [6, 6.07) is 9.48. The smallest absolute Gasteiger partial charge is 0.342 e. The Morgan fingerprint density at radius 3 is 2.52 bits per heavy atom. The first-order valence-corrected chi connectivity index (χ1v) is 14.1. The molecule has 0 unspecified atom stereocenters. The summed E-state index contributed by atoms with van der Waals surface area (Å²) in [5.41, 5.74) is 0.720. The number of amides is 2. The summed E-state index contributed by atoms with van der Waals surface area (Å²) in [7, 11) is 0. The fourth-order valence-electron chi connectivity index (χ4n) is 3.63. The van der Waals surface area contributed by atoms with Gasteiger partial charge in [0.05, 0.1) is 4.91 Å². The van der Waals surface area contributed by atoms with Crippen LogP contribution in [-0.2, 0) is 14.3 Å². The van der Waals surface area contributed by atoms with Crippen LogP contribution in [0.25, 0.3) is 17.2 Å². The number of thiophene rings is 1. The maximum absolute atomic E-state index is 13.6. The third kappa shape index (κ3) is 7.12. The monoisotopic (exact) mass is 602 g/mol. The van der Waals surface area contributed by atoms with Crippen LogP contribution in [0.3, 0.4) is 0 Å². The number of phenolic OH excluding ortho intramolecular Hbond substituents is 1. The number of hydrogen-bond donors (Lipinski definition) is 2. The van der Waals surface area contributed by atoms with Gasteiger partial charge in [0.1, 0.15) is 21.2 Å². The number of carbonyl (C=O) groups is 3. The minimum absolute atomic E-state index is 0.0278. The fourth-order valence-corrected chi connectivity index (χ4v) is 5.85. The molecule has 0 saturated carbocycles. The van der Waals surface area contributed by atoms with Crippen molar-refractivity contribution in [2.24, 2.45) is 0 Å². The van der Waals surface area contributed by atoms with Gasteiger partial charge in [-0.05, 0) is 73.7 Å². The van der Waals surface area contributed by atoms with E-state index >= 15 is 0 Å². The number of thiocarbonyl (C=S) groups is 1. The zero-order chi connectivity index (χ0) is 29.2. The molecule has 1 fully saturated rings. The highest BCUT2D eigenvalue weighted by atomic mass is 32.2. The third-order valence-electron chi connectivity index (χ3n) is 5.48. The molecule has 208 valence electrons. The topological polar surface area (TPSA) is 95.9 Å². The van der Waals surface area contributed by atoms with E-state index in [-0.39, 0.29) is 35.9 Å². The van der Waals surface area contributed by atoms with Crippen LogP contribution in [-0.4, -0.2) is 44.3 Å². The van der Waals surface area contributed by atoms with Crippen LogP contribution in [0.2, 0.25) is 0 Å². The molecule has 2 aromatic carbocycles. The largest absolute Gasteiger partial charge is 0.507 e. The number of nitrogens with one attached hydrogen (secondary N) is 1. The van der Waals surface area contributed by atoms with Gasteiger partial charge >= 0.3 is 5.97 Å². The van der Waals surface area contributed by atoms with Gasteiger partial charge in [0.15, 0.2) is 11.6 Å². The molecular weight excluding hydrogens is 579 g/mol. The summed E-state index contributed by atoms with van der Waals surface area (Å²) in [4.78, 5) is 40.1. The summed E-state index contributed by atoms with van der Waals surface area (Å²) in [6.45, 7) is 5.17. The fraction of sp³-hybridized carbons (Fsp3) is 0.214. The Balaban J connectivity index is 1.35. The third-order valence-corrected chi connectivity index (χ3v) is 7.74. The number of thioether (sulfide) groups is 1. The number of anilines is 1. The van der Waals surface area contributed by atoms with Gasteiger partial charge in [0, 0.05) is 29.6 Å². The summed E-state index contributed by atoms with van der Waals surface area (Å²) >= 11 is 7.79. The lowest BCUT2D eigenvalue weighted by Crippen LogP contribution is -2.31. The molecule has 1 aliphatic rings. The van der Waals surface area contributed by atoms with E-state index in [1.54, 1.807) is 38.3 Å². The average molecular weight is 603 g/mol. The molecule has 3 aromatic rings. The first-order chi connectivity index (χ1) is 18.8. The number of ether oxygens (including phenoxy) is 1. The molecule has 4 rings (SSSR count). The summed E-state index contributed by atoms with van der Waals surface area (Å²) in [5.74, 6) is -3.65. The summed E-state index contributed by atoms with van der Waals surface area (Å²) < 4.78 is 32.4. The van der Waals surface area contributed by atoms with Crippen molar-refractivity contribution >= 4 is 69.2 Å². The van der Waals surface area contributed by atoms with Crippen molar-refractivity contribution in [3.05, 3.63) is 74.8 Å². The number of rotatable bonds is 7. The number of hydrogen-bond acceptors (Lipinski definition) is 8. The normalized spacial score (nSPS) is 14.6. The second kappa shape index (κ2) is 11.9. The second-order valence-electron chi connectivity index (χ2n) is 9.73. The molecule has 0 radical (unpaired) electrons. The molecule has 1 aliphatic heterocycles. The van der Waals surface area contributed by atoms with Crippen LogP contribution < -0.4 is 5.32 Å². The number of phenols is 1. The maximum Gasteiger partial charge on any atom is 0.342 e. The van der Waals surface area contributed by atoms with E-state index in [9.17, 15) is 28.3 Å². The molecule has 2 heterocycles. The molecule has 12 heteroatoms. The molecule has 0 spiro atoms. The molecule has 1 saturated heterocycles. The van der Waals surface area contributed by atoms with E-state index in [2.05, 4.69) is 5.32 Å². The van der Waals surface area contributed by atoms with Crippen LogP contribution in [0.5, 0.6) is 5.75 Å². The van der Waals surface area contributed by atoms with Crippen molar-refractivity contribution < 1.29 is 33.0 Å². The Bertz CT molecular complexity index is 1540. The molecule has 0 aliphatic carbocycles. The van der Waals surface area contributed by atoms with Gasteiger partial charge in [-0.2, -0.15) is 0 Å². The van der Waals surface area contributed by atoms with Crippen LogP contribution in [0, 0.1) is 11.6 Å². The zero-order valence-electron chi connectivity index (χ0n) is 21.6. The quantitative estimate of drug-likeness (QED) is 0.179. The molecule has 40 heavy (non-hydrogen) atoms. The summed E-state index contributed by atoms with van der Waals surface area (Å²) in [5, 5.41) is 14.6. The minimum Gasteiger partial charge on any atom is -0.507 e. The van der Waals surface area contributed by atoms with Crippen molar-refractivity contribution in [1.82, 2.24) is 4.90 Å². The lowest BCUT2D eigenvalue weighted by Gasteiger charge is -2.20. The molecule has 2 N–H and O–H groups in total. The van der Waals surface area contributed by atoms with Gasteiger partial charge in [-0.15, -0.1) is 11.3 Å².